The van der Waals surface area contributed by atoms with Crippen LogP contribution in [0.15, 0.2) is 48.5 Å². The first kappa shape index (κ1) is 30.5. The molecular formula is C30H30Cl2F2N4O3. The van der Waals surface area contributed by atoms with Gasteiger partial charge in [0.25, 0.3) is 0 Å². The molecule has 1 aromatic heterocycles. The van der Waals surface area contributed by atoms with E-state index in [1.807, 2.05) is 20.8 Å². The third-order valence-corrected chi connectivity index (χ3v) is 7.70. The van der Waals surface area contributed by atoms with Crippen LogP contribution in [-0.2, 0) is 14.9 Å². The zero-order valence-corrected chi connectivity index (χ0v) is 24.5. The molecule has 1 aliphatic rings. The van der Waals surface area contributed by atoms with E-state index in [-0.39, 0.29) is 44.7 Å². The van der Waals surface area contributed by atoms with Crippen LogP contribution in [0.4, 0.5) is 14.6 Å². The number of amides is 1. The van der Waals surface area contributed by atoms with Crippen molar-refractivity contribution in [2.75, 3.05) is 11.9 Å². The molecule has 3 N–H and O–H groups in total. The maximum absolute atomic E-state index is 15.7. The van der Waals surface area contributed by atoms with Crippen LogP contribution in [0.25, 0.3) is 0 Å². The lowest BCUT2D eigenvalue weighted by Gasteiger charge is -2.37. The predicted molar refractivity (Wildman–Crippen MR) is 153 cm³/mol. The highest BCUT2D eigenvalue weighted by atomic mass is 35.5. The van der Waals surface area contributed by atoms with Crippen LogP contribution in [0, 0.1) is 28.4 Å². The molecular weight excluding hydrogens is 573 g/mol. The van der Waals surface area contributed by atoms with Crippen molar-refractivity contribution in [1.82, 2.24) is 10.3 Å². The van der Waals surface area contributed by atoms with E-state index >= 15 is 8.78 Å². The first-order valence-electron chi connectivity index (χ1n) is 13.1. The topological polar surface area (TPSA) is 107 Å². The number of H-pyrrole nitrogens is 1. The number of benzene rings is 2. The van der Waals surface area contributed by atoms with Crippen LogP contribution in [-0.4, -0.2) is 35.6 Å². The Morgan fingerprint density at radius 2 is 1.88 bits per heavy atom. The van der Waals surface area contributed by atoms with Crippen LogP contribution >= 0.6 is 23.2 Å². The SMILES string of the molecule is CCOC(=O)c1ccc(NC(=O)C2NC(CC(C)(C)C)C(C#N)(c3ccc(Cl)cc3F)C2c2cccc(Cl)c2F)[nH]1. The standard InChI is InChI=1S/C30H30Cl2F2N4O3/c1-5-41-28(40)21-11-12-23(36-21)38-27(39)26-24(17-7-6-8-19(32)25(17)34)30(15-35,22(37-26)14-29(2,3)4)18-10-9-16(31)13-20(18)33/h6-13,22,24,26,36-37H,5,14H2,1-4H3,(H,38,39). The van der Waals surface area contributed by atoms with Crippen molar-refractivity contribution in [3.63, 3.8) is 0 Å². The molecule has 1 aliphatic heterocycles. The van der Waals surface area contributed by atoms with Gasteiger partial charge in [-0.3, -0.25) is 4.79 Å². The highest BCUT2D eigenvalue weighted by Crippen LogP contribution is 2.52. The van der Waals surface area contributed by atoms with Gasteiger partial charge in [-0.15, -0.1) is 0 Å². The van der Waals surface area contributed by atoms with Gasteiger partial charge in [-0.25, -0.2) is 13.6 Å². The fraction of sp³-hybridized carbons (Fsp3) is 0.367. The number of nitriles is 1. The van der Waals surface area contributed by atoms with Gasteiger partial charge in [-0.1, -0.05) is 62.2 Å². The molecule has 7 nitrogen and oxygen atoms in total. The maximum Gasteiger partial charge on any atom is 0.354 e. The Labute approximate surface area is 247 Å². The van der Waals surface area contributed by atoms with Gasteiger partial charge >= 0.3 is 5.97 Å². The maximum atomic E-state index is 15.7. The summed E-state index contributed by atoms with van der Waals surface area (Å²) in [7, 11) is 0. The summed E-state index contributed by atoms with van der Waals surface area (Å²) in [6.45, 7) is 7.70. The van der Waals surface area contributed by atoms with Gasteiger partial charge in [0, 0.05) is 22.5 Å². The number of nitrogens with one attached hydrogen (secondary N) is 3. The molecule has 4 atom stereocenters. The van der Waals surface area contributed by atoms with Gasteiger partial charge in [0.15, 0.2) is 0 Å². The summed E-state index contributed by atoms with van der Waals surface area (Å²) < 4.78 is 36.4. The summed E-state index contributed by atoms with van der Waals surface area (Å²) in [5, 5.41) is 16.8. The number of hydrogen-bond acceptors (Lipinski definition) is 5. The minimum absolute atomic E-state index is 0.0174. The van der Waals surface area contributed by atoms with Gasteiger partial charge in [0.1, 0.15) is 28.6 Å². The Hall–Kier alpha value is -3.45. The van der Waals surface area contributed by atoms with Crippen LogP contribution in [0.2, 0.25) is 10.0 Å². The number of hydrogen-bond donors (Lipinski definition) is 3. The van der Waals surface area contributed by atoms with Crippen molar-refractivity contribution in [2.24, 2.45) is 5.41 Å². The average molecular weight is 603 g/mol. The molecule has 0 bridgehead atoms. The molecule has 4 unspecified atom stereocenters. The summed E-state index contributed by atoms with van der Waals surface area (Å²) in [5.74, 6) is -3.82. The van der Waals surface area contributed by atoms with Crippen LogP contribution in [0.5, 0.6) is 0 Å². The van der Waals surface area contributed by atoms with Crippen molar-refractivity contribution < 1.29 is 23.1 Å². The Morgan fingerprint density at radius 1 is 1.15 bits per heavy atom. The minimum Gasteiger partial charge on any atom is -0.461 e. The van der Waals surface area contributed by atoms with E-state index in [4.69, 9.17) is 27.9 Å². The van der Waals surface area contributed by atoms with E-state index in [2.05, 4.69) is 21.7 Å². The lowest BCUT2D eigenvalue weighted by molar-refractivity contribution is -0.118. The second-order valence-corrected chi connectivity index (χ2v) is 12.0. The van der Waals surface area contributed by atoms with E-state index in [1.165, 1.54) is 42.5 Å². The molecule has 3 aromatic rings. The van der Waals surface area contributed by atoms with Gasteiger partial charge in [-0.05, 0) is 54.7 Å². The summed E-state index contributed by atoms with van der Waals surface area (Å²) in [5.41, 5.74) is -2.04. The molecule has 2 heterocycles. The molecule has 11 heteroatoms. The molecule has 1 fully saturated rings. The molecule has 0 saturated carbocycles. The Morgan fingerprint density at radius 3 is 2.51 bits per heavy atom. The third-order valence-electron chi connectivity index (χ3n) is 7.17. The highest BCUT2D eigenvalue weighted by Gasteiger charge is 2.61. The monoisotopic (exact) mass is 602 g/mol. The minimum atomic E-state index is -1.75. The Bertz CT molecular complexity index is 1510. The molecule has 1 saturated heterocycles. The highest BCUT2D eigenvalue weighted by molar-refractivity contribution is 6.31. The number of ether oxygens (including phenoxy) is 1. The number of halogens is 4. The van der Waals surface area contributed by atoms with Gasteiger partial charge < -0.3 is 20.4 Å². The molecule has 41 heavy (non-hydrogen) atoms. The number of aromatic amines is 1. The van der Waals surface area contributed by atoms with Crippen molar-refractivity contribution in [2.45, 2.75) is 57.5 Å². The third kappa shape index (κ3) is 5.96. The smallest absolute Gasteiger partial charge is 0.354 e. The fourth-order valence-electron chi connectivity index (χ4n) is 5.56. The predicted octanol–water partition coefficient (Wildman–Crippen LogP) is 6.74. The van der Waals surface area contributed by atoms with Gasteiger partial charge in [0.2, 0.25) is 5.91 Å². The molecule has 2 aromatic carbocycles. The fourth-order valence-corrected chi connectivity index (χ4v) is 5.90. The lowest BCUT2D eigenvalue weighted by atomic mass is 9.62. The first-order chi connectivity index (χ1) is 19.3. The molecule has 216 valence electrons. The number of carbonyl (C=O) groups excluding carboxylic acids is 2. The summed E-state index contributed by atoms with van der Waals surface area (Å²) >= 11 is 12.2. The zero-order chi connectivity index (χ0) is 30.1. The van der Waals surface area contributed by atoms with Crippen LogP contribution < -0.4 is 10.6 Å². The quantitative estimate of drug-likeness (QED) is 0.260. The molecule has 1 amide bonds. The van der Waals surface area contributed by atoms with Gasteiger partial charge in [-0.2, -0.15) is 5.26 Å². The van der Waals surface area contributed by atoms with Crippen molar-refractivity contribution in [1.29, 1.82) is 5.26 Å². The number of nitrogens with zero attached hydrogens (tertiary/aromatic N) is 1. The van der Waals surface area contributed by atoms with E-state index < -0.39 is 46.9 Å². The number of carbonyl (C=O) groups is 2. The Kier molecular flexibility index (Phi) is 8.78. The van der Waals surface area contributed by atoms with E-state index in [1.54, 1.807) is 6.92 Å². The van der Waals surface area contributed by atoms with E-state index in [0.717, 1.165) is 6.07 Å². The zero-order valence-electron chi connectivity index (χ0n) is 22.9. The normalized spacial score (nSPS) is 22.3. The van der Waals surface area contributed by atoms with Crippen LogP contribution in [0.1, 0.15) is 61.6 Å². The number of aromatic nitrogens is 1. The molecule has 4 rings (SSSR count). The molecule has 0 aliphatic carbocycles. The average Bonchev–Trinajstić information content (AvgIpc) is 3.48. The molecule has 0 radical (unpaired) electrons. The Balaban J connectivity index is 1.89. The first-order valence-corrected chi connectivity index (χ1v) is 13.8. The number of rotatable bonds is 7. The second kappa shape index (κ2) is 11.8. The second-order valence-electron chi connectivity index (χ2n) is 11.2. The number of esters is 1. The van der Waals surface area contributed by atoms with Gasteiger partial charge in [0.05, 0.1) is 23.7 Å². The summed E-state index contributed by atoms with van der Waals surface area (Å²) in [4.78, 5) is 28.8. The van der Waals surface area contributed by atoms with Crippen molar-refractivity contribution in [3.8, 4) is 6.07 Å². The van der Waals surface area contributed by atoms with Crippen molar-refractivity contribution in [3.05, 3.63) is 87.0 Å². The summed E-state index contributed by atoms with van der Waals surface area (Å²) in [6.07, 6.45) is 0.334. The van der Waals surface area contributed by atoms with E-state index in [9.17, 15) is 14.9 Å². The van der Waals surface area contributed by atoms with E-state index in [0.29, 0.717) is 6.42 Å². The summed E-state index contributed by atoms with van der Waals surface area (Å²) in [6, 6.07) is 11.5. The largest absolute Gasteiger partial charge is 0.461 e. The number of anilines is 1. The van der Waals surface area contributed by atoms with Crippen LogP contribution in [0.3, 0.4) is 0 Å². The van der Waals surface area contributed by atoms with Crippen molar-refractivity contribution >= 4 is 40.9 Å². The molecule has 0 spiro atoms. The lowest BCUT2D eigenvalue weighted by Crippen LogP contribution is -2.45.